The van der Waals surface area contributed by atoms with Crippen molar-refractivity contribution in [2.45, 2.75) is 71.3 Å². The fourth-order valence-electron chi connectivity index (χ4n) is 7.01. The minimum atomic E-state index is -0.986. The zero-order valence-corrected chi connectivity index (χ0v) is 28.4. The van der Waals surface area contributed by atoms with Gasteiger partial charge in [0, 0.05) is 48.0 Å². The number of carbonyl (C=O) groups excluding carboxylic acids is 3. The summed E-state index contributed by atoms with van der Waals surface area (Å²) in [6.07, 6.45) is 12.6. The van der Waals surface area contributed by atoms with Crippen molar-refractivity contribution in [2.24, 2.45) is 23.7 Å². The summed E-state index contributed by atoms with van der Waals surface area (Å²) in [5.41, 5.74) is 2.98. The highest BCUT2D eigenvalue weighted by Crippen LogP contribution is 2.47. The monoisotopic (exact) mass is 646 g/mol. The maximum atomic E-state index is 13.8. The van der Waals surface area contributed by atoms with Crippen LogP contribution in [0.3, 0.4) is 0 Å². The lowest BCUT2D eigenvalue weighted by molar-refractivity contribution is -0.149. The zero-order valence-electron chi connectivity index (χ0n) is 27.6. The number of esters is 1. The van der Waals surface area contributed by atoms with Gasteiger partial charge in [0.25, 0.3) is 0 Å². The van der Waals surface area contributed by atoms with Crippen molar-refractivity contribution in [1.82, 2.24) is 20.2 Å². The number of hydrogen-bond acceptors (Lipinski definition) is 8. The molecule has 9 nitrogen and oxygen atoms in total. The van der Waals surface area contributed by atoms with E-state index in [9.17, 15) is 14.4 Å². The third-order valence-electron chi connectivity index (χ3n) is 9.65. The van der Waals surface area contributed by atoms with Crippen molar-refractivity contribution in [3.05, 3.63) is 53.1 Å². The molecule has 0 bridgehead atoms. The molecule has 1 aromatic carbocycles. The summed E-state index contributed by atoms with van der Waals surface area (Å²) in [4.78, 5) is 48.8. The molecule has 2 heterocycles. The SMILES string of the molecule is CCOC(=O)[C@@]1(NC(=O)[C@@H]2C[C@@H](Cc3cc(-c4nccs4)nc4c(C)c(OC)ccc34)C[C@H]2C)C[C@H]1/C=C\CCCCN(C)C=O. The molecule has 0 aliphatic heterocycles. The number of amides is 2. The van der Waals surface area contributed by atoms with Crippen LogP contribution in [0.2, 0.25) is 0 Å². The summed E-state index contributed by atoms with van der Waals surface area (Å²) >= 11 is 1.57. The van der Waals surface area contributed by atoms with Crippen LogP contribution in [0.1, 0.15) is 63.5 Å². The summed E-state index contributed by atoms with van der Waals surface area (Å²) in [6, 6.07) is 6.24. The fourth-order valence-corrected chi connectivity index (χ4v) is 7.61. The van der Waals surface area contributed by atoms with Gasteiger partial charge < -0.3 is 19.7 Å². The van der Waals surface area contributed by atoms with Gasteiger partial charge in [0.15, 0.2) is 0 Å². The molecule has 0 radical (unpaired) electrons. The average Bonchev–Trinajstić information content (AvgIpc) is 3.33. The number of allylic oxidation sites excluding steroid dienone is 1. The molecule has 10 heteroatoms. The largest absolute Gasteiger partial charge is 0.496 e. The number of hydrogen-bond donors (Lipinski definition) is 1. The third kappa shape index (κ3) is 7.27. The molecule has 2 aliphatic rings. The first-order valence-electron chi connectivity index (χ1n) is 16.4. The van der Waals surface area contributed by atoms with Crippen LogP contribution in [0.25, 0.3) is 21.6 Å². The predicted octanol–water partition coefficient (Wildman–Crippen LogP) is 6.13. The number of benzene rings is 1. The Balaban J connectivity index is 1.27. The molecule has 2 fully saturated rings. The number of pyridine rings is 1. The molecule has 46 heavy (non-hydrogen) atoms. The van der Waals surface area contributed by atoms with Crippen molar-refractivity contribution in [3.8, 4) is 16.5 Å². The van der Waals surface area contributed by atoms with E-state index in [0.29, 0.717) is 12.3 Å². The second-order valence-corrected chi connectivity index (χ2v) is 13.8. The Hall–Kier alpha value is -3.79. The molecule has 2 saturated carbocycles. The van der Waals surface area contributed by atoms with Crippen molar-refractivity contribution in [3.63, 3.8) is 0 Å². The number of unbranched alkanes of at least 4 members (excludes halogenated alkanes) is 2. The standard InChI is InChI=1S/C36H46N4O5S/c1-6-45-35(43)36(21-27(36)11-9-7-8-10-15-40(4)22-41)39-33(42)29-19-25(17-23(29)2)18-26-20-30(34-37-14-16-46-34)38-32-24(3)31(44-5)13-12-28(26)32/h9,11-14,16,20,22-23,25,27,29H,6-8,10,15,17-19,21H2,1-5H3,(H,39,42)/b11-9-/t23-,25-,27-,29-,36-/m1/s1. The zero-order chi connectivity index (χ0) is 32.8. The molecule has 2 amide bonds. The van der Waals surface area contributed by atoms with Crippen LogP contribution in [0, 0.1) is 30.6 Å². The van der Waals surface area contributed by atoms with Gasteiger partial charge in [-0.3, -0.25) is 9.59 Å². The summed E-state index contributed by atoms with van der Waals surface area (Å²) in [7, 11) is 3.45. The first-order valence-corrected chi connectivity index (χ1v) is 17.3. The second kappa shape index (κ2) is 14.8. The van der Waals surface area contributed by atoms with E-state index in [1.807, 2.05) is 24.4 Å². The molecule has 0 unspecified atom stereocenters. The lowest BCUT2D eigenvalue weighted by Crippen LogP contribution is -2.48. The number of nitrogens with one attached hydrogen (secondary N) is 1. The van der Waals surface area contributed by atoms with Gasteiger partial charge in [-0.25, -0.2) is 14.8 Å². The number of aromatic nitrogens is 2. The first kappa shape index (κ1) is 33.6. The Kier molecular flexibility index (Phi) is 10.8. The molecule has 5 rings (SSSR count). The highest BCUT2D eigenvalue weighted by molar-refractivity contribution is 7.13. The highest BCUT2D eigenvalue weighted by atomic mass is 32.1. The maximum Gasteiger partial charge on any atom is 0.332 e. The lowest BCUT2D eigenvalue weighted by Gasteiger charge is -2.22. The van der Waals surface area contributed by atoms with Gasteiger partial charge in [-0.2, -0.15) is 0 Å². The molecule has 5 atom stereocenters. The number of methoxy groups -OCH3 is 1. The quantitative estimate of drug-likeness (QED) is 0.0915. The molecule has 246 valence electrons. The number of carbonyl (C=O) groups is 3. The van der Waals surface area contributed by atoms with E-state index in [2.05, 4.69) is 35.4 Å². The van der Waals surface area contributed by atoms with Crippen molar-refractivity contribution in [1.29, 1.82) is 0 Å². The summed E-state index contributed by atoms with van der Waals surface area (Å²) < 4.78 is 11.0. The normalized spacial score (nSPS) is 23.8. The van der Waals surface area contributed by atoms with Gasteiger partial charge >= 0.3 is 5.97 Å². The van der Waals surface area contributed by atoms with Gasteiger partial charge in [-0.1, -0.05) is 19.1 Å². The summed E-state index contributed by atoms with van der Waals surface area (Å²) in [5.74, 6) is 0.651. The van der Waals surface area contributed by atoms with E-state index in [-0.39, 0.29) is 36.2 Å². The number of nitrogens with zero attached hydrogens (tertiary/aromatic N) is 3. The molecule has 3 aromatic rings. The molecular formula is C36H46N4O5S. The minimum Gasteiger partial charge on any atom is -0.496 e. The Morgan fingerprint density at radius 3 is 2.78 bits per heavy atom. The topological polar surface area (TPSA) is 111 Å². The van der Waals surface area contributed by atoms with E-state index in [0.717, 1.165) is 84.4 Å². The Morgan fingerprint density at radius 1 is 1.24 bits per heavy atom. The van der Waals surface area contributed by atoms with E-state index >= 15 is 0 Å². The van der Waals surface area contributed by atoms with Crippen LogP contribution in [0.5, 0.6) is 5.75 Å². The van der Waals surface area contributed by atoms with Gasteiger partial charge in [0.2, 0.25) is 12.3 Å². The maximum absolute atomic E-state index is 13.8. The van der Waals surface area contributed by atoms with Gasteiger partial charge in [-0.05, 0) is 94.4 Å². The van der Waals surface area contributed by atoms with Gasteiger partial charge in [0.05, 0.1) is 24.9 Å². The molecule has 0 spiro atoms. The van der Waals surface area contributed by atoms with Crippen LogP contribution < -0.4 is 10.1 Å². The number of aryl methyl sites for hydroxylation is 1. The number of rotatable bonds is 15. The van der Waals surface area contributed by atoms with E-state index in [1.54, 1.807) is 43.5 Å². The average molecular weight is 647 g/mol. The highest BCUT2D eigenvalue weighted by Gasteiger charge is 2.61. The minimum absolute atomic E-state index is 0.0560. The molecule has 2 aliphatic carbocycles. The first-order chi connectivity index (χ1) is 22.2. The summed E-state index contributed by atoms with van der Waals surface area (Å²) in [5, 5.41) is 7.11. The smallest absolute Gasteiger partial charge is 0.332 e. The fraction of sp³-hybridized carbons (Fsp3) is 0.528. The number of fused-ring (bicyclic) bond motifs is 1. The van der Waals surface area contributed by atoms with E-state index in [4.69, 9.17) is 14.5 Å². The number of thiazole rings is 1. The Morgan fingerprint density at radius 2 is 2.07 bits per heavy atom. The van der Waals surface area contributed by atoms with Crippen molar-refractivity contribution in [2.75, 3.05) is 27.3 Å². The van der Waals surface area contributed by atoms with Crippen molar-refractivity contribution < 1.29 is 23.9 Å². The van der Waals surface area contributed by atoms with Crippen LogP contribution in [0.15, 0.2) is 41.9 Å². The van der Waals surface area contributed by atoms with Gasteiger partial charge in [-0.15, -0.1) is 11.3 Å². The second-order valence-electron chi connectivity index (χ2n) is 12.9. The predicted molar refractivity (Wildman–Crippen MR) is 181 cm³/mol. The third-order valence-corrected chi connectivity index (χ3v) is 10.4. The lowest BCUT2D eigenvalue weighted by atomic mass is 9.93. The van der Waals surface area contributed by atoms with Crippen LogP contribution >= 0.6 is 11.3 Å². The molecular weight excluding hydrogens is 600 g/mol. The Bertz CT molecular complexity index is 1570. The van der Waals surface area contributed by atoms with Crippen LogP contribution in [0.4, 0.5) is 0 Å². The van der Waals surface area contributed by atoms with Crippen molar-refractivity contribution >= 4 is 40.5 Å². The van der Waals surface area contributed by atoms with Crippen LogP contribution in [-0.2, 0) is 25.5 Å². The number of ether oxygens (including phenoxy) is 2. The van der Waals surface area contributed by atoms with E-state index < -0.39 is 5.54 Å². The van der Waals surface area contributed by atoms with E-state index in [1.165, 1.54) is 5.56 Å². The summed E-state index contributed by atoms with van der Waals surface area (Å²) in [6.45, 7) is 6.97. The molecule has 2 aromatic heterocycles. The Labute approximate surface area is 275 Å². The van der Waals surface area contributed by atoms with Gasteiger partial charge in [0.1, 0.15) is 16.3 Å². The molecule has 0 saturated heterocycles. The molecule has 1 N–H and O–H groups in total. The van der Waals surface area contributed by atoms with Crippen LogP contribution in [-0.4, -0.2) is 66.0 Å².